The van der Waals surface area contributed by atoms with Crippen molar-refractivity contribution < 1.29 is 9.53 Å². The second-order valence-electron chi connectivity index (χ2n) is 3.24. The van der Waals surface area contributed by atoms with Gasteiger partial charge in [-0.25, -0.2) is 0 Å². The van der Waals surface area contributed by atoms with Crippen molar-refractivity contribution in [3.05, 3.63) is 34.7 Å². The molecule has 0 aliphatic rings. The fraction of sp³-hybridized carbons (Fsp3) is 0.455. The van der Waals surface area contributed by atoms with Gasteiger partial charge in [0.1, 0.15) is 6.54 Å². The topological polar surface area (TPSA) is 48.3 Å². The van der Waals surface area contributed by atoms with E-state index in [1.54, 1.807) is 18.3 Å². The third-order valence-corrected chi connectivity index (χ3v) is 1.96. The van der Waals surface area contributed by atoms with E-state index in [1.165, 1.54) is 10.6 Å². The van der Waals surface area contributed by atoms with Gasteiger partial charge in [0, 0.05) is 12.3 Å². The van der Waals surface area contributed by atoms with E-state index in [1.807, 2.05) is 6.92 Å². The molecule has 0 aliphatic carbocycles. The van der Waals surface area contributed by atoms with Gasteiger partial charge in [0.2, 0.25) is 0 Å². The number of nitrogens with zero attached hydrogens (tertiary/aromatic N) is 1. The molecule has 0 amide bonds. The van der Waals surface area contributed by atoms with Crippen molar-refractivity contribution in [2.24, 2.45) is 0 Å². The monoisotopic (exact) mass is 209 g/mol. The number of pyridine rings is 1. The Kier molecular flexibility index (Phi) is 4.60. The van der Waals surface area contributed by atoms with Crippen LogP contribution in [0.2, 0.25) is 0 Å². The molecule has 0 aliphatic heterocycles. The maximum absolute atomic E-state index is 11.3. The van der Waals surface area contributed by atoms with Gasteiger partial charge in [-0.05, 0) is 12.5 Å². The highest BCUT2D eigenvalue weighted by atomic mass is 16.5. The molecule has 82 valence electrons. The molecule has 0 fully saturated rings. The van der Waals surface area contributed by atoms with Crippen LogP contribution in [0.25, 0.3) is 0 Å². The number of esters is 1. The summed E-state index contributed by atoms with van der Waals surface area (Å²) in [4.78, 5) is 22.5. The third-order valence-electron chi connectivity index (χ3n) is 1.96. The summed E-state index contributed by atoms with van der Waals surface area (Å²) < 4.78 is 6.27. The smallest absolute Gasteiger partial charge is 0.326 e. The molecule has 1 heterocycles. The van der Waals surface area contributed by atoms with E-state index in [0.717, 1.165) is 12.8 Å². The summed E-state index contributed by atoms with van der Waals surface area (Å²) >= 11 is 0. The van der Waals surface area contributed by atoms with Crippen LogP contribution in [0.5, 0.6) is 0 Å². The van der Waals surface area contributed by atoms with Crippen molar-refractivity contribution >= 4 is 5.97 Å². The summed E-state index contributed by atoms with van der Waals surface area (Å²) in [6, 6.07) is 4.77. The van der Waals surface area contributed by atoms with E-state index in [0.29, 0.717) is 6.61 Å². The molecule has 4 heteroatoms. The van der Waals surface area contributed by atoms with Crippen molar-refractivity contribution in [1.29, 1.82) is 0 Å². The maximum Gasteiger partial charge on any atom is 0.326 e. The van der Waals surface area contributed by atoms with Crippen molar-refractivity contribution in [3.8, 4) is 0 Å². The summed E-state index contributed by atoms with van der Waals surface area (Å²) in [5.74, 6) is -0.364. The molecular weight excluding hydrogens is 194 g/mol. The number of rotatable bonds is 5. The van der Waals surface area contributed by atoms with Gasteiger partial charge in [0.25, 0.3) is 5.56 Å². The first-order valence-electron chi connectivity index (χ1n) is 5.05. The van der Waals surface area contributed by atoms with Crippen LogP contribution in [0.1, 0.15) is 19.8 Å². The summed E-state index contributed by atoms with van der Waals surface area (Å²) in [6.07, 6.45) is 3.41. The minimum absolute atomic E-state index is 0.0105. The lowest BCUT2D eigenvalue weighted by atomic mass is 10.4. The number of ether oxygens (including phenoxy) is 1. The van der Waals surface area contributed by atoms with Gasteiger partial charge in [0.15, 0.2) is 0 Å². The zero-order chi connectivity index (χ0) is 11.1. The van der Waals surface area contributed by atoms with Gasteiger partial charge in [-0.1, -0.05) is 19.4 Å². The number of aromatic nitrogens is 1. The number of hydrogen-bond acceptors (Lipinski definition) is 3. The highest BCUT2D eigenvalue weighted by Gasteiger charge is 2.04. The molecule has 0 bridgehead atoms. The first kappa shape index (κ1) is 11.5. The zero-order valence-electron chi connectivity index (χ0n) is 8.81. The Morgan fingerprint density at radius 1 is 1.47 bits per heavy atom. The maximum atomic E-state index is 11.3. The summed E-state index contributed by atoms with van der Waals surface area (Å²) in [5, 5.41) is 0. The molecule has 15 heavy (non-hydrogen) atoms. The standard InChI is InChI=1S/C11H15NO3/c1-2-3-8-15-11(14)9-12-7-5-4-6-10(12)13/h4-7H,2-3,8-9H2,1H3. The van der Waals surface area contributed by atoms with Crippen LogP contribution >= 0.6 is 0 Å². The lowest BCUT2D eigenvalue weighted by Crippen LogP contribution is -2.24. The molecule has 0 aromatic carbocycles. The SMILES string of the molecule is CCCCOC(=O)Cn1ccccc1=O. The first-order chi connectivity index (χ1) is 7.24. The number of carbonyl (C=O) groups excluding carboxylic acids is 1. The molecule has 4 nitrogen and oxygen atoms in total. The molecule has 1 aromatic heterocycles. The predicted molar refractivity (Wildman–Crippen MR) is 56.6 cm³/mol. The van der Waals surface area contributed by atoms with Crippen LogP contribution in [0.3, 0.4) is 0 Å². The molecule has 0 saturated carbocycles. The Hall–Kier alpha value is -1.58. The Morgan fingerprint density at radius 2 is 2.27 bits per heavy atom. The van der Waals surface area contributed by atoms with Gasteiger partial charge >= 0.3 is 5.97 Å². The van der Waals surface area contributed by atoms with Gasteiger partial charge in [0.05, 0.1) is 6.61 Å². The van der Waals surface area contributed by atoms with Crippen LogP contribution < -0.4 is 5.56 Å². The minimum Gasteiger partial charge on any atom is -0.464 e. The van der Waals surface area contributed by atoms with E-state index in [9.17, 15) is 9.59 Å². The average Bonchev–Trinajstić information content (AvgIpc) is 2.22. The van der Waals surface area contributed by atoms with E-state index < -0.39 is 0 Å². The molecule has 0 N–H and O–H groups in total. The lowest BCUT2D eigenvalue weighted by Gasteiger charge is -2.05. The number of carbonyl (C=O) groups is 1. The molecule has 0 saturated heterocycles. The lowest BCUT2D eigenvalue weighted by molar-refractivity contribution is -0.144. The van der Waals surface area contributed by atoms with Crippen molar-refractivity contribution in [2.45, 2.75) is 26.3 Å². The van der Waals surface area contributed by atoms with Crippen LogP contribution in [0.15, 0.2) is 29.2 Å². The molecule has 1 aromatic rings. The Morgan fingerprint density at radius 3 is 2.93 bits per heavy atom. The van der Waals surface area contributed by atoms with Gasteiger partial charge in [-0.3, -0.25) is 9.59 Å². The van der Waals surface area contributed by atoms with E-state index in [-0.39, 0.29) is 18.1 Å². The van der Waals surface area contributed by atoms with Gasteiger partial charge < -0.3 is 9.30 Å². The highest BCUT2D eigenvalue weighted by Crippen LogP contribution is 1.91. The fourth-order valence-electron chi connectivity index (χ4n) is 1.11. The normalized spacial score (nSPS) is 9.93. The van der Waals surface area contributed by atoms with E-state index in [2.05, 4.69) is 0 Å². The van der Waals surface area contributed by atoms with Crippen LogP contribution in [0.4, 0.5) is 0 Å². The first-order valence-corrected chi connectivity index (χ1v) is 5.05. The molecule has 0 unspecified atom stereocenters. The molecule has 1 rings (SSSR count). The quantitative estimate of drug-likeness (QED) is 0.540. The van der Waals surface area contributed by atoms with Crippen LogP contribution in [-0.4, -0.2) is 17.1 Å². The largest absolute Gasteiger partial charge is 0.464 e. The summed E-state index contributed by atoms with van der Waals surface area (Å²) in [5.41, 5.74) is -0.190. The summed E-state index contributed by atoms with van der Waals surface area (Å²) in [6.45, 7) is 2.44. The molecule has 0 atom stereocenters. The van der Waals surface area contributed by atoms with E-state index >= 15 is 0 Å². The Balaban J connectivity index is 2.45. The zero-order valence-corrected chi connectivity index (χ0v) is 8.81. The Labute approximate surface area is 88.5 Å². The highest BCUT2D eigenvalue weighted by molar-refractivity contribution is 5.69. The molecular formula is C11H15NO3. The van der Waals surface area contributed by atoms with Gasteiger partial charge in [-0.2, -0.15) is 0 Å². The van der Waals surface area contributed by atoms with Crippen LogP contribution in [0, 0.1) is 0 Å². The third kappa shape index (κ3) is 3.97. The van der Waals surface area contributed by atoms with Crippen molar-refractivity contribution in [2.75, 3.05) is 6.61 Å². The van der Waals surface area contributed by atoms with Crippen molar-refractivity contribution in [1.82, 2.24) is 4.57 Å². The Bertz CT molecular complexity index is 370. The molecule has 0 radical (unpaired) electrons. The second kappa shape index (κ2) is 6.01. The second-order valence-corrected chi connectivity index (χ2v) is 3.24. The van der Waals surface area contributed by atoms with Gasteiger partial charge in [-0.15, -0.1) is 0 Å². The minimum atomic E-state index is -0.364. The summed E-state index contributed by atoms with van der Waals surface area (Å²) in [7, 11) is 0. The number of hydrogen-bond donors (Lipinski definition) is 0. The van der Waals surface area contributed by atoms with Crippen molar-refractivity contribution in [3.63, 3.8) is 0 Å². The van der Waals surface area contributed by atoms with Crippen LogP contribution in [-0.2, 0) is 16.1 Å². The van der Waals surface area contributed by atoms with E-state index in [4.69, 9.17) is 4.74 Å². The number of unbranched alkanes of at least 4 members (excludes halogenated alkanes) is 1. The predicted octanol–water partition coefficient (Wildman–Crippen LogP) is 1.19. The molecule has 0 spiro atoms. The fourth-order valence-corrected chi connectivity index (χ4v) is 1.11. The average molecular weight is 209 g/mol.